The summed E-state index contributed by atoms with van der Waals surface area (Å²) in [4.78, 5) is 54.0. The van der Waals surface area contributed by atoms with Crippen molar-refractivity contribution in [2.45, 2.75) is 77.5 Å². The van der Waals surface area contributed by atoms with Crippen LogP contribution in [0.2, 0.25) is 0 Å². The minimum absolute atomic E-state index is 0.100. The number of carboxylic acid groups (broad SMARTS) is 1. The van der Waals surface area contributed by atoms with Crippen LogP contribution in [0.4, 0.5) is 0 Å². The third kappa shape index (κ3) is 12.6. The number of aliphatic carboxylic acids is 1. The molecule has 5 unspecified atom stereocenters. The average molecular weight is 518 g/mol. The Morgan fingerprint density at radius 2 is 1.51 bits per heavy atom. The molecule has 0 aliphatic heterocycles. The molecule has 35 heavy (non-hydrogen) atoms. The van der Waals surface area contributed by atoms with Gasteiger partial charge in [-0.25, -0.2) is 4.79 Å². The molecule has 0 aliphatic rings. The Labute approximate surface area is 212 Å². The maximum atomic E-state index is 13.1. The Hall–Kier alpha value is -2.54. The minimum Gasteiger partial charge on any atom is -0.480 e. The van der Waals surface area contributed by atoms with E-state index >= 15 is 0 Å². The van der Waals surface area contributed by atoms with Crippen LogP contribution in [-0.2, 0) is 19.2 Å². The van der Waals surface area contributed by atoms with Crippen LogP contribution in [-0.4, -0.2) is 77.5 Å². The third-order valence-corrected chi connectivity index (χ3v) is 6.21. The summed E-state index contributed by atoms with van der Waals surface area (Å²) in [7, 11) is 0. The predicted molar refractivity (Wildman–Crippen MR) is 139 cm³/mol. The van der Waals surface area contributed by atoms with E-state index in [1.807, 2.05) is 20.1 Å². The summed E-state index contributed by atoms with van der Waals surface area (Å²) in [5.74, 6) is -2.75. The maximum absolute atomic E-state index is 13.1. The van der Waals surface area contributed by atoms with Crippen LogP contribution in [0, 0.1) is 11.8 Å². The lowest BCUT2D eigenvalue weighted by molar-refractivity contribution is -0.143. The van der Waals surface area contributed by atoms with Crippen molar-refractivity contribution in [3.05, 3.63) is 0 Å². The predicted octanol–water partition coefficient (Wildman–Crippen LogP) is -0.638. The number of carboxylic acids is 1. The van der Waals surface area contributed by atoms with Crippen LogP contribution in [0.5, 0.6) is 0 Å². The summed E-state index contributed by atoms with van der Waals surface area (Å²) in [6.07, 6.45) is 3.44. The first kappa shape index (κ1) is 32.5. The number of nitrogens with two attached hydrogens (primary N) is 3. The van der Waals surface area contributed by atoms with E-state index in [9.17, 15) is 24.3 Å². The van der Waals surface area contributed by atoms with Crippen molar-refractivity contribution in [2.24, 2.45) is 34.0 Å². The molecule has 0 saturated carbocycles. The number of amides is 3. The highest BCUT2D eigenvalue weighted by Gasteiger charge is 2.33. The second kappa shape index (κ2) is 17.0. The molecule has 0 aliphatic carbocycles. The van der Waals surface area contributed by atoms with Crippen LogP contribution in [0.25, 0.3) is 0 Å². The number of nitrogens with one attached hydrogen (secondary N) is 3. The molecule has 0 saturated heterocycles. The molecule has 0 aromatic heterocycles. The molecule has 0 aromatic rings. The molecule has 3 amide bonds. The zero-order valence-electron chi connectivity index (χ0n) is 21.4. The van der Waals surface area contributed by atoms with Crippen molar-refractivity contribution in [1.82, 2.24) is 16.0 Å². The summed E-state index contributed by atoms with van der Waals surface area (Å²) in [5.41, 5.74) is 16.5. The maximum Gasteiger partial charge on any atom is 0.326 e. The Morgan fingerprint density at radius 3 is 2.00 bits per heavy atom. The van der Waals surface area contributed by atoms with Crippen molar-refractivity contribution < 1.29 is 24.3 Å². The number of hydrogen-bond acceptors (Lipinski definition) is 7. The van der Waals surface area contributed by atoms with E-state index in [4.69, 9.17) is 17.2 Å². The van der Waals surface area contributed by atoms with Gasteiger partial charge in [-0.05, 0) is 43.1 Å². The highest BCUT2D eigenvalue weighted by atomic mass is 32.2. The number of aliphatic imine (C=N–C) groups is 1. The topological polar surface area (TPSA) is 215 Å². The standard InChI is InChI=1S/C22H43N7O5S/c1-6-13(4)17(29-18(30)14(23)9-11-35-5)20(32)28-16(12(2)3)19(31)27-15(21(33)34)8-7-10-26-22(24)25/h12-17H,6-11,23H2,1-5H3,(H,27,31)(H,28,32)(H,29,30)(H,33,34)(H4,24,25,26). The molecule has 0 heterocycles. The molecule has 0 bridgehead atoms. The normalized spacial score (nSPS) is 15.3. The Balaban J connectivity index is 5.38. The van der Waals surface area contributed by atoms with Gasteiger partial charge in [0.05, 0.1) is 6.04 Å². The van der Waals surface area contributed by atoms with Gasteiger partial charge in [0.25, 0.3) is 0 Å². The summed E-state index contributed by atoms with van der Waals surface area (Å²) >= 11 is 1.57. The molecule has 0 radical (unpaired) electrons. The van der Waals surface area contributed by atoms with E-state index in [1.165, 1.54) is 0 Å². The smallest absolute Gasteiger partial charge is 0.326 e. The van der Waals surface area contributed by atoms with Gasteiger partial charge < -0.3 is 38.3 Å². The van der Waals surface area contributed by atoms with E-state index in [0.29, 0.717) is 25.0 Å². The van der Waals surface area contributed by atoms with Crippen molar-refractivity contribution in [3.8, 4) is 0 Å². The van der Waals surface area contributed by atoms with E-state index in [0.717, 1.165) is 0 Å². The molecule has 12 nitrogen and oxygen atoms in total. The third-order valence-electron chi connectivity index (χ3n) is 5.57. The summed E-state index contributed by atoms with van der Waals surface area (Å²) < 4.78 is 0. The molecule has 0 rings (SSSR count). The van der Waals surface area contributed by atoms with Gasteiger partial charge in [-0.1, -0.05) is 34.1 Å². The monoisotopic (exact) mass is 517 g/mol. The number of hydrogen-bond donors (Lipinski definition) is 7. The van der Waals surface area contributed by atoms with Crippen LogP contribution in [0.1, 0.15) is 53.4 Å². The van der Waals surface area contributed by atoms with Gasteiger partial charge >= 0.3 is 5.97 Å². The van der Waals surface area contributed by atoms with E-state index in [2.05, 4.69) is 20.9 Å². The van der Waals surface area contributed by atoms with Gasteiger partial charge in [0, 0.05) is 6.54 Å². The van der Waals surface area contributed by atoms with Gasteiger partial charge in [0.15, 0.2) is 5.96 Å². The van der Waals surface area contributed by atoms with E-state index < -0.39 is 47.9 Å². The summed E-state index contributed by atoms with van der Waals surface area (Å²) in [6, 6.07) is -3.82. The minimum atomic E-state index is -1.21. The van der Waals surface area contributed by atoms with Crippen LogP contribution >= 0.6 is 11.8 Å². The van der Waals surface area contributed by atoms with Gasteiger partial charge in [0.2, 0.25) is 17.7 Å². The molecular formula is C22H43N7O5S. The number of carbonyl (C=O) groups excluding carboxylic acids is 3. The lowest BCUT2D eigenvalue weighted by Crippen LogP contribution is -2.59. The van der Waals surface area contributed by atoms with E-state index in [1.54, 1.807) is 25.6 Å². The van der Waals surface area contributed by atoms with Gasteiger partial charge in [0.1, 0.15) is 18.1 Å². The number of guanidine groups is 1. The largest absolute Gasteiger partial charge is 0.480 e. The molecule has 5 atom stereocenters. The van der Waals surface area contributed by atoms with E-state index in [-0.39, 0.29) is 30.8 Å². The Kier molecular flexibility index (Phi) is 15.7. The fraction of sp³-hybridized carbons (Fsp3) is 0.773. The van der Waals surface area contributed by atoms with Crippen molar-refractivity contribution in [3.63, 3.8) is 0 Å². The Morgan fingerprint density at radius 1 is 0.943 bits per heavy atom. The fourth-order valence-corrected chi connectivity index (χ4v) is 3.63. The highest BCUT2D eigenvalue weighted by molar-refractivity contribution is 7.98. The second-order valence-electron chi connectivity index (χ2n) is 8.84. The van der Waals surface area contributed by atoms with Gasteiger partial charge in [-0.2, -0.15) is 11.8 Å². The lowest BCUT2D eigenvalue weighted by Gasteiger charge is -2.29. The molecule has 202 valence electrons. The number of nitrogens with zero attached hydrogens (tertiary/aromatic N) is 1. The van der Waals surface area contributed by atoms with Gasteiger partial charge in [-0.15, -0.1) is 0 Å². The first-order chi connectivity index (χ1) is 16.3. The lowest BCUT2D eigenvalue weighted by atomic mass is 9.96. The summed E-state index contributed by atoms with van der Waals surface area (Å²) in [5, 5.41) is 17.4. The molecule has 0 aromatic carbocycles. The van der Waals surface area contributed by atoms with Crippen LogP contribution in [0.3, 0.4) is 0 Å². The Bertz CT molecular complexity index is 731. The number of thioether (sulfide) groups is 1. The zero-order chi connectivity index (χ0) is 27.1. The van der Waals surface area contributed by atoms with Crippen molar-refractivity contribution in [1.29, 1.82) is 0 Å². The number of rotatable bonds is 17. The number of carbonyl (C=O) groups is 4. The molecule has 0 fully saturated rings. The first-order valence-electron chi connectivity index (χ1n) is 11.8. The summed E-state index contributed by atoms with van der Waals surface area (Å²) in [6.45, 7) is 7.39. The fourth-order valence-electron chi connectivity index (χ4n) is 3.14. The van der Waals surface area contributed by atoms with Crippen LogP contribution in [0.15, 0.2) is 4.99 Å². The first-order valence-corrected chi connectivity index (χ1v) is 13.2. The van der Waals surface area contributed by atoms with Crippen molar-refractivity contribution in [2.75, 3.05) is 18.6 Å². The van der Waals surface area contributed by atoms with Crippen LogP contribution < -0.4 is 33.2 Å². The zero-order valence-corrected chi connectivity index (χ0v) is 22.2. The molecule has 0 spiro atoms. The quantitative estimate of drug-likeness (QED) is 0.0740. The van der Waals surface area contributed by atoms with Crippen molar-refractivity contribution >= 4 is 41.4 Å². The molecule has 10 N–H and O–H groups in total. The molecule has 13 heteroatoms. The highest BCUT2D eigenvalue weighted by Crippen LogP contribution is 2.12. The molecular weight excluding hydrogens is 474 g/mol. The second-order valence-corrected chi connectivity index (χ2v) is 9.82. The SMILES string of the molecule is CCC(C)C(NC(=O)C(N)CCSC)C(=O)NC(C(=O)NC(CCCN=C(N)N)C(=O)O)C(C)C. The van der Waals surface area contributed by atoms with Gasteiger partial charge in [-0.3, -0.25) is 19.4 Å². The average Bonchev–Trinajstić information content (AvgIpc) is 2.79.